The van der Waals surface area contributed by atoms with E-state index in [0.29, 0.717) is 31.7 Å². The number of hydrogen-bond acceptors (Lipinski definition) is 5. The number of amides is 1. The lowest BCUT2D eigenvalue weighted by Crippen LogP contribution is -2.66. The number of benzene rings is 1. The third-order valence-electron chi connectivity index (χ3n) is 6.98. The van der Waals surface area contributed by atoms with Crippen LogP contribution >= 0.6 is 0 Å². The lowest BCUT2D eigenvalue weighted by Gasteiger charge is -2.56. The van der Waals surface area contributed by atoms with E-state index in [9.17, 15) is 15.0 Å². The van der Waals surface area contributed by atoms with E-state index in [0.717, 1.165) is 17.5 Å². The van der Waals surface area contributed by atoms with Crippen LogP contribution in [0.1, 0.15) is 24.0 Å². The number of phenols is 1. The lowest BCUT2D eigenvalue weighted by atomic mass is 9.53. The second-order valence-corrected chi connectivity index (χ2v) is 8.26. The van der Waals surface area contributed by atoms with Gasteiger partial charge in [0.1, 0.15) is 18.8 Å². The van der Waals surface area contributed by atoms with Crippen LogP contribution in [0.4, 0.5) is 4.79 Å². The maximum atomic E-state index is 12.8. The van der Waals surface area contributed by atoms with Crippen molar-refractivity contribution in [1.29, 1.82) is 0 Å². The number of aliphatic hydroxyl groups excluding tert-OH is 1. The van der Waals surface area contributed by atoms with Gasteiger partial charge in [-0.25, -0.2) is 4.79 Å². The van der Waals surface area contributed by atoms with Crippen LogP contribution in [0, 0.1) is 5.92 Å². The minimum absolute atomic E-state index is 0.0303. The molecule has 0 saturated carbocycles. The molecule has 2 N–H and O–H groups in total. The molecule has 27 heavy (non-hydrogen) atoms. The van der Waals surface area contributed by atoms with Gasteiger partial charge in [-0.05, 0) is 36.5 Å². The summed E-state index contributed by atoms with van der Waals surface area (Å²) >= 11 is 0. The summed E-state index contributed by atoms with van der Waals surface area (Å²) in [4.78, 5) is 14.6. The predicted octanol–water partition coefficient (Wildman–Crippen LogP) is 2.03. The van der Waals surface area contributed by atoms with Crippen molar-refractivity contribution in [1.82, 2.24) is 4.90 Å². The molecule has 1 aromatic carbocycles. The zero-order chi connectivity index (χ0) is 18.3. The molecule has 2 heterocycles. The number of aliphatic hydroxyl groups is 1. The molecule has 2 unspecified atom stereocenters. The molecule has 2 aliphatic heterocycles. The normalized spacial score (nSPS) is 36.6. The van der Waals surface area contributed by atoms with E-state index in [-0.39, 0.29) is 23.8 Å². The van der Waals surface area contributed by atoms with Crippen molar-refractivity contribution in [3.05, 3.63) is 47.1 Å². The molecule has 1 fully saturated rings. The van der Waals surface area contributed by atoms with Gasteiger partial charge in [0.15, 0.2) is 11.5 Å². The fraction of sp³-hybridized carbons (Fsp3) is 0.476. The second kappa shape index (κ2) is 5.07. The third kappa shape index (κ3) is 1.91. The van der Waals surface area contributed by atoms with Gasteiger partial charge >= 0.3 is 6.09 Å². The molecule has 5 aliphatic rings. The number of rotatable bonds is 2. The number of hydrogen-bond donors (Lipinski definition) is 2. The van der Waals surface area contributed by atoms with Gasteiger partial charge in [0.05, 0.1) is 0 Å². The monoisotopic (exact) mass is 367 g/mol. The number of nitrogens with zero attached hydrogens (tertiary/aromatic N) is 1. The third-order valence-corrected chi connectivity index (χ3v) is 6.98. The summed E-state index contributed by atoms with van der Waals surface area (Å²) in [5.41, 5.74) is 2.91. The smallest absolute Gasteiger partial charge is 0.410 e. The van der Waals surface area contributed by atoms with E-state index >= 15 is 0 Å². The van der Waals surface area contributed by atoms with Crippen molar-refractivity contribution < 1.29 is 24.5 Å². The van der Waals surface area contributed by atoms with Crippen molar-refractivity contribution in [2.24, 2.45) is 5.92 Å². The molecule has 1 saturated heterocycles. The average Bonchev–Trinajstić information content (AvgIpc) is 3.42. The Kier molecular flexibility index (Phi) is 2.93. The summed E-state index contributed by atoms with van der Waals surface area (Å²) in [6, 6.07) is 3.55. The van der Waals surface area contributed by atoms with Gasteiger partial charge in [0.2, 0.25) is 0 Å². The van der Waals surface area contributed by atoms with Crippen molar-refractivity contribution in [3.8, 4) is 11.5 Å². The summed E-state index contributed by atoms with van der Waals surface area (Å²) in [7, 11) is 0. The highest BCUT2D eigenvalue weighted by molar-refractivity contribution is 5.70. The second-order valence-electron chi connectivity index (χ2n) is 8.26. The molecule has 6 nitrogen and oxygen atoms in total. The molecular formula is C21H21NO5. The zero-order valence-corrected chi connectivity index (χ0v) is 14.8. The molecular weight excluding hydrogens is 346 g/mol. The van der Waals surface area contributed by atoms with Crippen molar-refractivity contribution in [3.63, 3.8) is 0 Å². The Morgan fingerprint density at radius 3 is 3.04 bits per heavy atom. The molecule has 0 radical (unpaired) electrons. The highest BCUT2D eigenvalue weighted by atomic mass is 16.6. The molecule has 5 atom stereocenters. The first-order chi connectivity index (χ1) is 13.1. The van der Waals surface area contributed by atoms with E-state index in [1.54, 1.807) is 12.1 Å². The number of piperidine rings is 1. The minimum Gasteiger partial charge on any atom is -0.504 e. The number of aromatic hydroxyl groups is 1. The Balaban J connectivity index is 1.44. The maximum Gasteiger partial charge on any atom is 0.410 e. The van der Waals surface area contributed by atoms with Crippen molar-refractivity contribution in [2.75, 3.05) is 13.2 Å². The summed E-state index contributed by atoms with van der Waals surface area (Å²) in [5, 5.41) is 20.9. The molecule has 6 rings (SSSR count). The lowest BCUT2D eigenvalue weighted by molar-refractivity contribution is -0.0481. The summed E-state index contributed by atoms with van der Waals surface area (Å²) < 4.78 is 11.6. The van der Waals surface area contributed by atoms with Gasteiger partial charge in [0, 0.05) is 29.5 Å². The highest BCUT2D eigenvalue weighted by Gasteiger charge is 2.65. The molecule has 140 valence electrons. The van der Waals surface area contributed by atoms with Gasteiger partial charge in [-0.3, -0.25) is 0 Å². The first-order valence-electron chi connectivity index (χ1n) is 9.59. The highest BCUT2D eigenvalue weighted by Crippen LogP contribution is 2.62. The average molecular weight is 367 g/mol. The number of carbonyl (C=O) groups excluding carboxylic acids is 1. The quantitative estimate of drug-likeness (QED) is 0.782. The van der Waals surface area contributed by atoms with Crippen molar-refractivity contribution >= 4 is 6.09 Å². The number of likely N-dealkylation sites (tertiary alicyclic amines) is 1. The summed E-state index contributed by atoms with van der Waals surface area (Å²) in [6.07, 6.45) is 6.80. The van der Waals surface area contributed by atoms with Crippen LogP contribution in [0.5, 0.6) is 11.5 Å². The van der Waals surface area contributed by atoms with Gasteiger partial charge in [-0.2, -0.15) is 0 Å². The van der Waals surface area contributed by atoms with Gasteiger partial charge in [-0.1, -0.05) is 24.3 Å². The molecule has 1 spiro atoms. The van der Waals surface area contributed by atoms with E-state index in [1.807, 2.05) is 17.0 Å². The molecule has 3 aliphatic carbocycles. The first-order valence-corrected chi connectivity index (χ1v) is 9.59. The molecule has 2 bridgehead atoms. The Bertz CT molecular complexity index is 921. The Labute approximate surface area is 156 Å². The van der Waals surface area contributed by atoms with Gasteiger partial charge in [-0.15, -0.1) is 0 Å². The summed E-state index contributed by atoms with van der Waals surface area (Å²) in [6.45, 7) is 0.945. The Hall–Kier alpha value is -2.47. The fourth-order valence-electron chi connectivity index (χ4n) is 5.71. The number of ether oxygens (including phenoxy) is 2. The maximum absolute atomic E-state index is 12.8. The van der Waals surface area contributed by atoms with Crippen LogP contribution < -0.4 is 4.74 Å². The van der Waals surface area contributed by atoms with E-state index in [2.05, 4.69) is 6.08 Å². The van der Waals surface area contributed by atoms with Crippen molar-refractivity contribution in [2.45, 2.75) is 42.9 Å². The zero-order valence-electron chi connectivity index (χ0n) is 14.8. The van der Waals surface area contributed by atoms with Gasteiger partial charge < -0.3 is 24.6 Å². The SMILES string of the molecule is O=C(OCC1=CC1)N1CC[C@]23c4c5ccc(O)c4O[C@H]2C(O)C=CC3[C@H]1C5. The predicted molar refractivity (Wildman–Crippen MR) is 95.7 cm³/mol. The van der Waals surface area contributed by atoms with Crippen LogP contribution in [0.2, 0.25) is 0 Å². The van der Waals surface area contributed by atoms with Gasteiger partial charge in [0.25, 0.3) is 0 Å². The van der Waals surface area contributed by atoms with Crippen LogP contribution in [-0.4, -0.2) is 52.6 Å². The Morgan fingerprint density at radius 1 is 1.37 bits per heavy atom. The molecule has 6 heteroatoms. The van der Waals surface area contributed by atoms with E-state index < -0.39 is 17.6 Å². The van der Waals surface area contributed by atoms with E-state index in [4.69, 9.17) is 9.47 Å². The van der Waals surface area contributed by atoms with Crippen LogP contribution in [-0.2, 0) is 16.6 Å². The number of phenolic OH excluding ortho intramolecular Hbond substituents is 1. The fourth-order valence-corrected chi connectivity index (χ4v) is 5.71. The molecule has 1 amide bonds. The minimum atomic E-state index is -0.722. The largest absolute Gasteiger partial charge is 0.504 e. The molecule has 1 aromatic rings. The van der Waals surface area contributed by atoms with Crippen LogP contribution in [0.25, 0.3) is 0 Å². The number of allylic oxidation sites excluding steroid dienone is 1. The van der Waals surface area contributed by atoms with Crippen LogP contribution in [0.15, 0.2) is 35.9 Å². The summed E-state index contributed by atoms with van der Waals surface area (Å²) in [5.74, 6) is 0.685. The first kappa shape index (κ1) is 15.6. The van der Waals surface area contributed by atoms with Crippen LogP contribution in [0.3, 0.4) is 0 Å². The molecule has 0 aromatic heterocycles. The number of carbonyl (C=O) groups is 1. The van der Waals surface area contributed by atoms with E-state index in [1.165, 1.54) is 5.57 Å². The Morgan fingerprint density at radius 2 is 2.22 bits per heavy atom. The topological polar surface area (TPSA) is 79.2 Å². The standard InChI is InChI=1S/C21H21NO5/c23-15-5-3-12-9-14-13-4-6-16(24)19-21(13,17(12)18(15)27-19)7-8-22(14)20(25)26-10-11-1-2-11/h1,3-6,13-14,16,19,23-24H,2,7-10H2/t13?,14-,16?,19+,21+/m1/s1.